The van der Waals surface area contributed by atoms with Gasteiger partial charge in [0.05, 0.1) is 5.69 Å². The van der Waals surface area contributed by atoms with Crippen LogP contribution in [0.1, 0.15) is 18.2 Å². The van der Waals surface area contributed by atoms with Crippen LogP contribution in [0.4, 0.5) is 0 Å². The van der Waals surface area contributed by atoms with Gasteiger partial charge in [0.2, 0.25) is 0 Å². The number of aryl methyl sites for hydroxylation is 1. The summed E-state index contributed by atoms with van der Waals surface area (Å²) in [4.78, 5) is 1.22. The molecule has 0 aliphatic carbocycles. The number of hydrogen-bond acceptors (Lipinski definition) is 3. The number of rotatable bonds is 4. The summed E-state index contributed by atoms with van der Waals surface area (Å²) in [7, 11) is 0. The number of thiophene rings is 1. The predicted molar refractivity (Wildman–Crippen MR) is 63.7 cm³/mol. The maximum Gasteiger partial charge on any atom is 0.0690 e. The maximum atomic E-state index is 5.60. The van der Waals surface area contributed by atoms with E-state index in [1.807, 2.05) is 10.9 Å². The molecule has 0 saturated carbocycles. The highest BCUT2D eigenvalue weighted by molar-refractivity contribution is 7.10. The Balaban J connectivity index is 2.31. The van der Waals surface area contributed by atoms with Crippen molar-refractivity contribution in [3.63, 3.8) is 0 Å². The minimum absolute atomic E-state index is 0.618. The molecule has 2 aromatic heterocycles. The Bertz CT molecular complexity index is 430. The van der Waals surface area contributed by atoms with E-state index in [4.69, 9.17) is 5.73 Å². The van der Waals surface area contributed by atoms with Crippen molar-refractivity contribution in [1.82, 2.24) is 9.78 Å². The molecule has 80 valence electrons. The third kappa shape index (κ3) is 2.11. The van der Waals surface area contributed by atoms with Crippen molar-refractivity contribution in [1.29, 1.82) is 0 Å². The van der Waals surface area contributed by atoms with Gasteiger partial charge in [-0.1, -0.05) is 6.92 Å². The highest BCUT2D eigenvalue weighted by Gasteiger charge is 2.06. The summed E-state index contributed by atoms with van der Waals surface area (Å²) >= 11 is 1.71. The van der Waals surface area contributed by atoms with Crippen molar-refractivity contribution in [2.75, 3.05) is 0 Å². The lowest BCUT2D eigenvalue weighted by molar-refractivity contribution is 0.609. The van der Waals surface area contributed by atoms with Crippen molar-refractivity contribution in [2.45, 2.75) is 26.4 Å². The summed E-state index contributed by atoms with van der Waals surface area (Å²) in [5.74, 6) is 0. The van der Waals surface area contributed by atoms with Crippen molar-refractivity contribution in [2.24, 2.45) is 5.73 Å². The van der Waals surface area contributed by atoms with Crippen LogP contribution < -0.4 is 5.73 Å². The summed E-state index contributed by atoms with van der Waals surface area (Å²) in [6, 6.07) is 4.20. The van der Waals surface area contributed by atoms with Crippen molar-refractivity contribution in [3.05, 3.63) is 28.6 Å². The van der Waals surface area contributed by atoms with Gasteiger partial charge in [0.15, 0.2) is 0 Å². The molecule has 0 saturated heterocycles. The van der Waals surface area contributed by atoms with Gasteiger partial charge in [-0.3, -0.25) is 4.68 Å². The zero-order valence-electron chi connectivity index (χ0n) is 8.81. The minimum atomic E-state index is 0.618. The molecule has 4 heteroatoms. The van der Waals surface area contributed by atoms with Gasteiger partial charge >= 0.3 is 0 Å². The second-order valence-corrected chi connectivity index (χ2v) is 4.44. The molecular weight excluding hydrogens is 206 g/mol. The van der Waals surface area contributed by atoms with Crippen LogP contribution in [0, 0.1) is 0 Å². The fourth-order valence-electron chi connectivity index (χ4n) is 1.59. The summed E-state index contributed by atoms with van der Waals surface area (Å²) in [5.41, 5.74) is 8.02. The molecule has 0 aliphatic heterocycles. The maximum absolute atomic E-state index is 5.60. The summed E-state index contributed by atoms with van der Waals surface area (Å²) in [6.45, 7) is 3.74. The first-order chi connectivity index (χ1) is 7.35. The van der Waals surface area contributed by atoms with E-state index in [9.17, 15) is 0 Å². The van der Waals surface area contributed by atoms with Gasteiger partial charge in [-0.2, -0.15) is 5.10 Å². The third-order valence-corrected chi connectivity index (χ3v) is 3.26. The normalized spacial score (nSPS) is 10.8. The van der Waals surface area contributed by atoms with Gasteiger partial charge < -0.3 is 5.73 Å². The van der Waals surface area contributed by atoms with E-state index < -0.39 is 0 Å². The lowest BCUT2D eigenvalue weighted by Crippen LogP contribution is -2.00. The Morgan fingerprint density at radius 1 is 1.53 bits per heavy atom. The Labute approximate surface area is 93.5 Å². The van der Waals surface area contributed by atoms with Gasteiger partial charge in [0.25, 0.3) is 0 Å². The van der Waals surface area contributed by atoms with E-state index in [1.54, 1.807) is 11.3 Å². The fourth-order valence-corrected chi connectivity index (χ4v) is 2.35. The first kappa shape index (κ1) is 10.4. The number of nitrogens with zero attached hydrogens (tertiary/aromatic N) is 2. The van der Waals surface area contributed by atoms with Crippen LogP contribution in [0.3, 0.4) is 0 Å². The molecule has 0 unspecified atom stereocenters. The molecule has 2 rings (SSSR count). The van der Waals surface area contributed by atoms with E-state index in [1.165, 1.54) is 16.1 Å². The van der Waals surface area contributed by atoms with Crippen LogP contribution in [0.2, 0.25) is 0 Å². The fraction of sp³-hybridized carbons (Fsp3) is 0.364. The van der Waals surface area contributed by atoms with Crippen LogP contribution in [0.15, 0.2) is 23.7 Å². The first-order valence-electron chi connectivity index (χ1n) is 5.14. The third-order valence-electron chi connectivity index (χ3n) is 2.30. The van der Waals surface area contributed by atoms with Crippen molar-refractivity contribution >= 4 is 11.3 Å². The molecule has 0 fully saturated rings. The number of hydrogen-bond donors (Lipinski definition) is 1. The zero-order chi connectivity index (χ0) is 10.7. The topological polar surface area (TPSA) is 43.8 Å². The molecule has 0 radical (unpaired) electrons. The molecule has 2 N–H and O–H groups in total. The average Bonchev–Trinajstić information content (AvgIpc) is 2.85. The zero-order valence-corrected chi connectivity index (χ0v) is 9.63. The molecule has 0 amide bonds. The molecule has 0 aromatic carbocycles. The second-order valence-electron chi connectivity index (χ2n) is 3.45. The SMILES string of the molecule is CCCn1nccc1-c1csc(CN)c1. The van der Waals surface area contributed by atoms with E-state index in [0.717, 1.165) is 13.0 Å². The lowest BCUT2D eigenvalue weighted by Gasteiger charge is -2.03. The average molecular weight is 221 g/mol. The van der Waals surface area contributed by atoms with Gasteiger partial charge in [-0.05, 0) is 18.6 Å². The number of nitrogens with two attached hydrogens (primary N) is 1. The Morgan fingerprint density at radius 3 is 3.07 bits per heavy atom. The summed E-state index contributed by atoms with van der Waals surface area (Å²) in [5, 5.41) is 6.45. The van der Waals surface area contributed by atoms with Crippen LogP contribution >= 0.6 is 11.3 Å². The lowest BCUT2D eigenvalue weighted by atomic mass is 10.2. The molecule has 0 aliphatic rings. The number of aromatic nitrogens is 2. The molecule has 2 aromatic rings. The van der Waals surface area contributed by atoms with Crippen molar-refractivity contribution < 1.29 is 0 Å². The quantitative estimate of drug-likeness (QED) is 0.862. The molecule has 0 atom stereocenters. The molecule has 3 nitrogen and oxygen atoms in total. The molecular formula is C11H15N3S. The molecule has 15 heavy (non-hydrogen) atoms. The van der Waals surface area contributed by atoms with Gasteiger partial charge in [0, 0.05) is 35.1 Å². The van der Waals surface area contributed by atoms with Crippen molar-refractivity contribution in [3.8, 4) is 11.3 Å². The van der Waals surface area contributed by atoms with Gasteiger partial charge in [-0.15, -0.1) is 11.3 Å². The van der Waals surface area contributed by atoms with Crippen LogP contribution in [0.5, 0.6) is 0 Å². The molecule has 2 heterocycles. The highest BCUT2D eigenvalue weighted by Crippen LogP contribution is 2.25. The van der Waals surface area contributed by atoms with E-state index in [0.29, 0.717) is 6.54 Å². The summed E-state index contributed by atoms with van der Waals surface area (Å²) in [6.07, 6.45) is 2.95. The smallest absolute Gasteiger partial charge is 0.0690 e. The minimum Gasteiger partial charge on any atom is -0.326 e. The molecule has 0 bridgehead atoms. The Hall–Kier alpha value is -1.13. The van der Waals surface area contributed by atoms with E-state index in [-0.39, 0.29) is 0 Å². The summed E-state index contributed by atoms with van der Waals surface area (Å²) < 4.78 is 2.04. The Kier molecular flexibility index (Phi) is 3.18. The Morgan fingerprint density at radius 2 is 2.40 bits per heavy atom. The first-order valence-corrected chi connectivity index (χ1v) is 6.02. The van der Waals surface area contributed by atoms with Crippen LogP contribution in [0.25, 0.3) is 11.3 Å². The van der Waals surface area contributed by atoms with Crippen LogP contribution in [-0.2, 0) is 13.1 Å². The standard InChI is InChI=1S/C11H15N3S/c1-2-5-14-11(3-4-13-14)9-6-10(7-12)15-8-9/h3-4,6,8H,2,5,7,12H2,1H3. The van der Waals surface area contributed by atoms with E-state index >= 15 is 0 Å². The highest BCUT2D eigenvalue weighted by atomic mass is 32.1. The van der Waals surface area contributed by atoms with Gasteiger partial charge in [-0.25, -0.2) is 0 Å². The predicted octanol–water partition coefficient (Wildman–Crippen LogP) is 2.48. The largest absolute Gasteiger partial charge is 0.326 e. The molecule has 0 spiro atoms. The van der Waals surface area contributed by atoms with Crippen LogP contribution in [-0.4, -0.2) is 9.78 Å². The van der Waals surface area contributed by atoms with E-state index in [2.05, 4.69) is 29.5 Å². The van der Waals surface area contributed by atoms with Gasteiger partial charge in [0.1, 0.15) is 0 Å². The second kappa shape index (κ2) is 4.59. The monoisotopic (exact) mass is 221 g/mol.